The van der Waals surface area contributed by atoms with E-state index in [4.69, 9.17) is 9.73 Å². The molecule has 2 aliphatic heterocycles. The van der Waals surface area contributed by atoms with Crippen molar-refractivity contribution in [3.05, 3.63) is 39.9 Å². The Morgan fingerprint density at radius 3 is 2.48 bits per heavy atom. The van der Waals surface area contributed by atoms with Gasteiger partial charge in [0.05, 0.1) is 29.5 Å². The molecule has 0 N–H and O–H groups in total. The lowest BCUT2D eigenvalue weighted by atomic mass is 9.52. The zero-order valence-electron chi connectivity index (χ0n) is 15.7. The van der Waals surface area contributed by atoms with Crippen LogP contribution in [0.15, 0.2) is 29.3 Å². The first-order valence-electron chi connectivity index (χ1n) is 10.3. The maximum atomic E-state index is 11.1. The minimum absolute atomic E-state index is 0.00490. The number of amidine groups is 1. The van der Waals surface area contributed by atoms with Crippen molar-refractivity contribution in [2.24, 2.45) is 16.8 Å². The summed E-state index contributed by atoms with van der Waals surface area (Å²) in [6, 6.07) is 7.33. The summed E-state index contributed by atoms with van der Waals surface area (Å²) in [4.78, 5) is 18.6. The quantitative estimate of drug-likeness (QED) is 0.588. The third-order valence-electron chi connectivity index (χ3n) is 7.41. The van der Waals surface area contributed by atoms with Gasteiger partial charge in [-0.3, -0.25) is 15.1 Å². The van der Waals surface area contributed by atoms with Gasteiger partial charge in [-0.05, 0) is 49.5 Å². The average Bonchev–Trinajstić information content (AvgIpc) is 3.14. The van der Waals surface area contributed by atoms with Gasteiger partial charge in [0.25, 0.3) is 5.69 Å². The number of nitro groups is 1. The van der Waals surface area contributed by atoms with Gasteiger partial charge in [0.2, 0.25) is 0 Å². The first kappa shape index (κ1) is 17.2. The van der Waals surface area contributed by atoms with Crippen molar-refractivity contribution >= 4 is 11.5 Å². The standard InChI is InChI=1S/C21H27N3O3/c25-24(26)18-7-3-16(4-8-18)20-15-1-5-17(6-2-15)21(20)10-9-19(22-21)23-11-13-27-14-12-23/h3-4,7-8,15,17,20H,1-2,5-6,9-14H2. The first-order chi connectivity index (χ1) is 13.2. The van der Waals surface area contributed by atoms with Crippen LogP contribution in [0.2, 0.25) is 0 Å². The van der Waals surface area contributed by atoms with Crippen LogP contribution in [0.5, 0.6) is 0 Å². The van der Waals surface area contributed by atoms with Crippen molar-refractivity contribution in [1.82, 2.24) is 4.90 Å². The van der Waals surface area contributed by atoms with Crippen molar-refractivity contribution in [1.29, 1.82) is 0 Å². The summed E-state index contributed by atoms with van der Waals surface area (Å²) in [5, 5.41) is 11.1. The van der Waals surface area contributed by atoms with Crippen LogP contribution < -0.4 is 0 Å². The maximum absolute atomic E-state index is 11.1. The minimum Gasteiger partial charge on any atom is -0.378 e. The lowest BCUT2D eigenvalue weighted by molar-refractivity contribution is -0.384. The van der Waals surface area contributed by atoms with Crippen molar-refractivity contribution in [2.75, 3.05) is 26.3 Å². The molecule has 2 unspecified atom stereocenters. The van der Waals surface area contributed by atoms with Gasteiger partial charge in [-0.15, -0.1) is 0 Å². The van der Waals surface area contributed by atoms with Gasteiger partial charge in [-0.2, -0.15) is 0 Å². The van der Waals surface area contributed by atoms with Crippen molar-refractivity contribution in [3.8, 4) is 0 Å². The number of nitro benzene ring substituents is 1. The number of non-ortho nitro benzene ring substituents is 1. The molecule has 1 saturated heterocycles. The number of ether oxygens (including phenoxy) is 1. The molecule has 3 saturated carbocycles. The van der Waals surface area contributed by atoms with Crippen molar-refractivity contribution < 1.29 is 9.66 Å². The third kappa shape index (κ3) is 2.76. The highest BCUT2D eigenvalue weighted by Gasteiger charge is 2.57. The maximum Gasteiger partial charge on any atom is 0.269 e. The molecule has 5 aliphatic rings. The number of aliphatic imine (C=N–C) groups is 1. The second-order valence-electron chi connectivity index (χ2n) is 8.56. The van der Waals surface area contributed by atoms with E-state index in [0.29, 0.717) is 17.8 Å². The Kier molecular flexibility index (Phi) is 4.19. The molecule has 144 valence electrons. The van der Waals surface area contributed by atoms with Crippen molar-refractivity contribution in [3.63, 3.8) is 0 Å². The Balaban J connectivity index is 1.51. The molecule has 0 radical (unpaired) electrons. The summed E-state index contributed by atoms with van der Waals surface area (Å²) in [5.74, 6) is 2.99. The topological polar surface area (TPSA) is 68.0 Å². The molecule has 27 heavy (non-hydrogen) atoms. The predicted octanol–water partition coefficient (Wildman–Crippen LogP) is 3.76. The second-order valence-corrected chi connectivity index (χ2v) is 8.56. The van der Waals surface area contributed by atoms with Crippen LogP contribution in [0.25, 0.3) is 0 Å². The molecule has 3 aliphatic carbocycles. The number of nitrogens with zero attached hydrogens (tertiary/aromatic N) is 3. The average molecular weight is 369 g/mol. The molecular formula is C21H27N3O3. The lowest BCUT2D eigenvalue weighted by Crippen LogP contribution is -2.51. The van der Waals surface area contributed by atoms with Gasteiger partial charge < -0.3 is 9.64 Å². The summed E-state index contributed by atoms with van der Waals surface area (Å²) >= 11 is 0. The Morgan fingerprint density at radius 2 is 1.81 bits per heavy atom. The van der Waals surface area contributed by atoms with E-state index in [1.54, 1.807) is 12.1 Å². The highest BCUT2D eigenvalue weighted by Crippen LogP contribution is 2.60. The molecule has 2 heterocycles. The van der Waals surface area contributed by atoms with Crippen LogP contribution in [0, 0.1) is 22.0 Å². The molecule has 1 aromatic rings. The molecule has 1 spiro atoms. The van der Waals surface area contributed by atoms with E-state index in [1.807, 2.05) is 12.1 Å². The van der Waals surface area contributed by atoms with E-state index < -0.39 is 0 Å². The molecular weight excluding hydrogens is 342 g/mol. The zero-order valence-corrected chi connectivity index (χ0v) is 15.7. The Bertz CT molecular complexity index is 748. The lowest BCUT2D eigenvalue weighted by Gasteiger charge is -2.54. The molecule has 0 aromatic heterocycles. The smallest absolute Gasteiger partial charge is 0.269 e. The largest absolute Gasteiger partial charge is 0.378 e. The third-order valence-corrected chi connectivity index (χ3v) is 7.41. The van der Waals surface area contributed by atoms with E-state index in [-0.39, 0.29) is 16.1 Å². The number of hydrogen-bond donors (Lipinski definition) is 0. The second kappa shape index (κ2) is 6.59. The van der Waals surface area contributed by atoms with Gasteiger partial charge in [0.1, 0.15) is 0 Å². The summed E-state index contributed by atoms with van der Waals surface area (Å²) < 4.78 is 5.51. The van der Waals surface area contributed by atoms with E-state index in [1.165, 1.54) is 37.1 Å². The van der Waals surface area contributed by atoms with Crippen LogP contribution in [-0.2, 0) is 4.74 Å². The van der Waals surface area contributed by atoms with Gasteiger partial charge in [-0.25, -0.2) is 0 Å². The number of hydrogen-bond acceptors (Lipinski definition) is 5. The van der Waals surface area contributed by atoms with Crippen LogP contribution in [0.1, 0.15) is 50.0 Å². The number of morpholine rings is 1. The predicted molar refractivity (Wildman–Crippen MR) is 103 cm³/mol. The summed E-state index contributed by atoms with van der Waals surface area (Å²) in [5.41, 5.74) is 1.44. The fourth-order valence-corrected chi connectivity index (χ4v) is 6.21. The van der Waals surface area contributed by atoms with Gasteiger partial charge >= 0.3 is 0 Å². The summed E-state index contributed by atoms with van der Waals surface area (Å²) in [6.07, 6.45) is 7.31. The van der Waals surface area contributed by atoms with E-state index in [9.17, 15) is 10.1 Å². The van der Waals surface area contributed by atoms with Crippen LogP contribution in [-0.4, -0.2) is 47.5 Å². The Hall–Kier alpha value is -1.95. The summed E-state index contributed by atoms with van der Waals surface area (Å²) in [7, 11) is 0. The van der Waals surface area contributed by atoms with Crippen molar-refractivity contribution in [2.45, 2.75) is 50.0 Å². The highest BCUT2D eigenvalue weighted by molar-refractivity contribution is 5.85. The Labute approximate surface area is 159 Å². The van der Waals surface area contributed by atoms with Gasteiger partial charge in [0, 0.05) is 37.6 Å². The SMILES string of the molecule is O=[N+]([O-])c1ccc(C2C3CCC(CC3)C23CCC(N2CCOCC2)=N3)cc1. The number of benzene rings is 1. The molecule has 6 rings (SSSR count). The normalized spacial score (nSPS) is 35.5. The Morgan fingerprint density at radius 1 is 1.11 bits per heavy atom. The molecule has 6 nitrogen and oxygen atoms in total. The number of fused-ring (bicyclic) bond motifs is 2. The molecule has 2 bridgehead atoms. The van der Waals surface area contributed by atoms with Crippen LogP contribution in [0.3, 0.4) is 0 Å². The fourth-order valence-electron chi connectivity index (χ4n) is 6.21. The van der Waals surface area contributed by atoms with Gasteiger partial charge in [-0.1, -0.05) is 12.1 Å². The monoisotopic (exact) mass is 369 g/mol. The molecule has 0 amide bonds. The molecule has 2 atom stereocenters. The molecule has 6 heteroatoms. The number of rotatable bonds is 2. The zero-order chi connectivity index (χ0) is 18.4. The molecule has 4 fully saturated rings. The minimum atomic E-state index is -0.309. The van der Waals surface area contributed by atoms with E-state index >= 15 is 0 Å². The summed E-state index contributed by atoms with van der Waals surface area (Å²) in [6.45, 7) is 3.49. The van der Waals surface area contributed by atoms with Crippen LogP contribution in [0.4, 0.5) is 5.69 Å². The highest BCUT2D eigenvalue weighted by atomic mass is 16.6. The fraction of sp³-hybridized carbons (Fsp3) is 0.667. The first-order valence-corrected chi connectivity index (χ1v) is 10.3. The molecule has 1 aromatic carbocycles. The van der Waals surface area contributed by atoms with E-state index in [2.05, 4.69) is 4.90 Å². The van der Waals surface area contributed by atoms with E-state index in [0.717, 1.165) is 39.1 Å². The van der Waals surface area contributed by atoms with Crippen LogP contribution >= 0.6 is 0 Å². The van der Waals surface area contributed by atoms with Gasteiger partial charge in [0.15, 0.2) is 0 Å².